The summed E-state index contributed by atoms with van der Waals surface area (Å²) in [5.41, 5.74) is 0.439. The van der Waals surface area contributed by atoms with Crippen LogP contribution in [0, 0.1) is 5.92 Å². The van der Waals surface area contributed by atoms with Gasteiger partial charge in [-0.05, 0) is 6.07 Å². The SMILES string of the molecule is O=C1CCOCC1C(=O)c1ccoc1. The molecule has 1 atom stereocenters. The molecule has 0 aromatic carbocycles. The molecule has 1 unspecified atom stereocenters. The van der Waals surface area contributed by atoms with Crippen molar-refractivity contribution in [3.8, 4) is 0 Å². The number of Topliss-reactive ketones (excluding diaryl/α,β-unsaturated/α-hetero) is 2. The van der Waals surface area contributed by atoms with E-state index in [4.69, 9.17) is 9.15 Å². The van der Waals surface area contributed by atoms with Crippen LogP contribution in [0.3, 0.4) is 0 Å². The Balaban J connectivity index is 2.14. The molecule has 2 rings (SSSR count). The highest BCUT2D eigenvalue weighted by Gasteiger charge is 2.30. The molecule has 1 aromatic rings. The average Bonchev–Trinajstić information content (AvgIpc) is 2.70. The van der Waals surface area contributed by atoms with Gasteiger partial charge in [-0.2, -0.15) is 0 Å². The largest absolute Gasteiger partial charge is 0.472 e. The lowest BCUT2D eigenvalue weighted by atomic mass is 9.93. The van der Waals surface area contributed by atoms with E-state index < -0.39 is 5.92 Å². The van der Waals surface area contributed by atoms with Crippen molar-refractivity contribution < 1.29 is 18.7 Å². The first-order chi connectivity index (χ1) is 6.79. The number of rotatable bonds is 2. The molecule has 0 aliphatic carbocycles. The highest BCUT2D eigenvalue weighted by atomic mass is 16.5. The van der Waals surface area contributed by atoms with Crippen molar-refractivity contribution in [2.45, 2.75) is 6.42 Å². The first-order valence-corrected chi connectivity index (χ1v) is 4.46. The minimum Gasteiger partial charge on any atom is -0.472 e. The maximum Gasteiger partial charge on any atom is 0.178 e. The van der Waals surface area contributed by atoms with Gasteiger partial charge in [-0.3, -0.25) is 9.59 Å². The Kier molecular flexibility index (Phi) is 2.45. The molecule has 1 aliphatic rings. The fourth-order valence-electron chi connectivity index (χ4n) is 1.47. The van der Waals surface area contributed by atoms with Gasteiger partial charge in [-0.25, -0.2) is 0 Å². The van der Waals surface area contributed by atoms with Crippen molar-refractivity contribution in [3.63, 3.8) is 0 Å². The van der Waals surface area contributed by atoms with Gasteiger partial charge in [-0.1, -0.05) is 0 Å². The van der Waals surface area contributed by atoms with Crippen LogP contribution in [-0.2, 0) is 9.53 Å². The van der Waals surface area contributed by atoms with Crippen molar-refractivity contribution in [1.82, 2.24) is 0 Å². The summed E-state index contributed by atoms with van der Waals surface area (Å²) in [6.07, 6.45) is 3.10. The van der Waals surface area contributed by atoms with Gasteiger partial charge in [0.05, 0.1) is 25.0 Å². The van der Waals surface area contributed by atoms with E-state index >= 15 is 0 Å². The van der Waals surface area contributed by atoms with Crippen LogP contribution in [0.5, 0.6) is 0 Å². The molecule has 1 aromatic heterocycles. The Bertz CT molecular complexity index is 339. The van der Waals surface area contributed by atoms with Crippen molar-refractivity contribution >= 4 is 11.6 Å². The lowest BCUT2D eigenvalue weighted by Gasteiger charge is -2.18. The third-order valence-corrected chi connectivity index (χ3v) is 2.29. The second-order valence-electron chi connectivity index (χ2n) is 3.22. The van der Waals surface area contributed by atoms with E-state index in [0.29, 0.717) is 18.6 Å². The second-order valence-corrected chi connectivity index (χ2v) is 3.22. The van der Waals surface area contributed by atoms with E-state index in [1.54, 1.807) is 6.07 Å². The van der Waals surface area contributed by atoms with Crippen LogP contribution >= 0.6 is 0 Å². The van der Waals surface area contributed by atoms with E-state index in [-0.39, 0.29) is 18.2 Å². The standard InChI is InChI=1S/C10H10O4/c11-9-2-4-14-6-8(9)10(12)7-1-3-13-5-7/h1,3,5,8H,2,4,6H2. The summed E-state index contributed by atoms with van der Waals surface area (Å²) in [5, 5.41) is 0. The average molecular weight is 194 g/mol. The van der Waals surface area contributed by atoms with Crippen LogP contribution in [0.25, 0.3) is 0 Å². The molecule has 74 valence electrons. The van der Waals surface area contributed by atoms with Gasteiger partial charge in [0.2, 0.25) is 0 Å². The van der Waals surface area contributed by atoms with Gasteiger partial charge in [0.25, 0.3) is 0 Å². The number of ether oxygens (including phenoxy) is 1. The molecule has 1 aliphatic heterocycles. The summed E-state index contributed by atoms with van der Waals surface area (Å²) in [5.74, 6) is -0.882. The minimum atomic E-state index is -0.638. The fourth-order valence-corrected chi connectivity index (χ4v) is 1.47. The van der Waals surface area contributed by atoms with Crippen molar-refractivity contribution in [2.24, 2.45) is 5.92 Å². The molecule has 4 heteroatoms. The van der Waals surface area contributed by atoms with Crippen molar-refractivity contribution in [1.29, 1.82) is 0 Å². The maximum absolute atomic E-state index is 11.7. The number of carbonyl (C=O) groups excluding carboxylic acids is 2. The minimum absolute atomic E-state index is 0.0394. The van der Waals surface area contributed by atoms with Gasteiger partial charge in [0, 0.05) is 6.42 Å². The summed E-state index contributed by atoms with van der Waals surface area (Å²) in [4.78, 5) is 23.1. The normalized spacial score (nSPS) is 22.3. The van der Waals surface area contributed by atoms with E-state index in [1.807, 2.05) is 0 Å². The molecule has 0 bridgehead atoms. The molecular formula is C10H10O4. The Morgan fingerprint density at radius 2 is 2.36 bits per heavy atom. The molecule has 1 fully saturated rings. The summed E-state index contributed by atoms with van der Waals surface area (Å²) in [7, 11) is 0. The Labute approximate surface area is 80.8 Å². The first kappa shape index (κ1) is 9.15. The molecule has 0 amide bonds. The zero-order valence-corrected chi connectivity index (χ0v) is 7.56. The van der Waals surface area contributed by atoms with Crippen LogP contribution in [0.4, 0.5) is 0 Å². The molecule has 14 heavy (non-hydrogen) atoms. The van der Waals surface area contributed by atoms with Gasteiger partial charge < -0.3 is 9.15 Å². The predicted octanol–water partition coefficient (Wildman–Crippen LogP) is 1.07. The quantitative estimate of drug-likeness (QED) is 0.522. The third kappa shape index (κ3) is 1.61. The van der Waals surface area contributed by atoms with E-state index in [9.17, 15) is 9.59 Å². The maximum atomic E-state index is 11.7. The van der Waals surface area contributed by atoms with E-state index in [1.165, 1.54) is 12.5 Å². The number of ketones is 2. The van der Waals surface area contributed by atoms with Crippen LogP contribution in [0.1, 0.15) is 16.8 Å². The molecule has 2 heterocycles. The van der Waals surface area contributed by atoms with Gasteiger partial charge >= 0.3 is 0 Å². The number of furan rings is 1. The van der Waals surface area contributed by atoms with Crippen molar-refractivity contribution in [3.05, 3.63) is 24.2 Å². The Hall–Kier alpha value is -1.42. The van der Waals surface area contributed by atoms with E-state index in [2.05, 4.69) is 0 Å². The first-order valence-electron chi connectivity index (χ1n) is 4.46. The predicted molar refractivity (Wildman–Crippen MR) is 47.0 cm³/mol. The van der Waals surface area contributed by atoms with Gasteiger partial charge in [0.15, 0.2) is 5.78 Å². The monoisotopic (exact) mass is 194 g/mol. The number of hydrogen-bond acceptors (Lipinski definition) is 4. The smallest absolute Gasteiger partial charge is 0.178 e. The Morgan fingerprint density at radius 1 is 1.50 bits per heavy atom. The summed E-state index contributed by atoms with van der Waals surface area (Å²) in [6.45, 7) is 0.622. The summed E-state index contributed by atoms with van der Waals surface area (Å²) in [6, 6.07) is 1.56. The topological polar surface area (TPSA) is 56.5 Å². The Morgan fingerprint density at radius 3 is 3.00 bits per heavy atom. The second kappa shape index (κ2) is 3.75. The third-order valence-electron chi connectivity index (χ3n) is 2.29. The molecule has 0 radical (unpaired) electrons. The molecule has 0 N–H and O–H groups in total. The van der Waals surface area contributed by atoms with E-state index in [0.717, 1.165) is 0 Å². The zero-order chi connectivity index (χ0) is 9.97. The van der Waals surface area contributed by atoms with Crippen LogP contribution in [0.2, 0.25) is 0 Å². The lowest BCUT2D eigenvalue weighted by molar-refractivity contribution is -0.128. The number of carbonyl (C=O) groups is 2. The lowest BCUT2D eigenvalue weighted by Crippen LogP contribution is -2.33. The highest BCUT2D eigenvalue weighted by Crippen LogP contribution is 2.16. The summed E-state index contributed by atoms with van der Waals surface area (Å²) >= 11 is 0. The number of hydrogen-bond donors (Lipinski definition) is 0. The van der Waals surface area contributed by atoms with Crippen LogP contribution in [0.15, 0.2) is 23.0 Å². The molecule has 4 nitrogen and oxygen atoms in total. The van der Waals surface area contributed by atoms with Crippen LogP contribution in [-0.4, -0.2) is 24.8 Å². The zero-order valence-electron chi connectivity index (χ0n) is 7.56. The molecule has 0 saturated carbocycles. The fraction of sp³-hybridized carbons (Fsp3) is 0.400. The van der Waals surface area contributed by atoms with Crippen molar-refractivity contribution in [2.75, 3.05) is 13.2 Å². The molecular weight excluding hydrogens is 184 g/mol. The van der Waals surface area contributed by atoms with Gasteiger partial charge in [0.1, 0.15) is 18.0 Å². The van der Waals surface area contributed by atoms with Gasteiger partial charge in [-0.15, -0.1) is 0 Å². The molecule has 0 spiro atoms. The highest BCUT2D eigenvalue weighted by molar-refractivity contribution is 6.10. The van der Waals surface area contributed by atoms with Crippen LogP contribution < -0.4 is 0 Å². The summed E-state index contributed by atoms with van der Waals surface area (Å²) < 4.78 is 9.89. The molecule has 1 saturated heterocycles.